The Balaban J connectivity index is 3.73. The highest BCUT2D eigenvalue weighted by molar-refractivity contribution is 5.90. The number of hydrogen-bond acceptors (Lipinski definition) is 6. The van der Waals surface area contributed by atoms with E-state index in [2.05, 4.69) is 45.1 Å². The highest BCUT2D eigenvalue weighted by Crippen LogP contribution is 2.14. The fraction of sp³-hybridized carbons (Fsp3) is 0.694. The molecule has 1 N–H and O–H groups in total. The first-order chi connectivity index (χ1) is 20.4. The van der Waals surface area contributed by atoms with Crippen LogP contribution in [0.25, 0.3) is 0 Å². The third kappa shape index (κ3) is 29.0. The van der Waals surface area contributed by atoms with E-state index < -0.39 is 12.1 Å². The van der Waals surface area contributed by atoms with Crippen LogP contribution >= 0.6 is 0 Å². The summed E-state index contributed by atoms with van der Waals surface area (Å²) in [4.78, 5) is 35.7. The average molecular weight is 589 g/mol. The molecule has 1 unspecified atom stereocenters. The third-order valence-electron chi connectivity index (χ3n) is 7.08. The molecule has 0 heterocycles. The van der Waals surface area contributed by atoms with Crippen LogP contribution in [0.3, 0.4) is 0 Å². The summed E-state index contributed by atoms with van der Waals surface area (Å²) in [6.45, 7) is 6.32. The van der Waals surface area contributed by atoms with Crippen molar-refractivity contribution in [1.29, 1.82) is 0 Å². The molecule has 0 aromatic heterocycles. The van der Waals surface area contributed by atoms with Crippen LogP contribution in [-0.4, -0.2) is 42.1 Å². The molecule has 2 atom stereocenters. The van der Waals surface area contributed by atoms with Gasteiger partial charge in [0.2, 0.25) is 0 Å². The standard InChI is InChI=1S/C36H60O6/c1-4-6-7-8-9-10-11-12-13-14-15-19-22-26-33(37)27-24-29-36(40)42-31-34(38)30-41-35(39)28-23-20-17-16-18-21-25-32(3)5-2/h9-10,12-13,15,19,22,26,32,34,38H,4-8,11,14,16-18,20-21,23-25,27-31H2,1-3H3/b10-9-,13-12-,19-15-,26-22+/t32?,34-/m0/s1. The van der Waals surface area contributed by atoms with Crippen molar-refractivity contribution in [2.45, 2.75) is 142 Å². The molecule has 0 aliphatic carbocycles. The minimum absolute atomic E-state index is 0.0512. The molecule has 0 radical (unpaired) electrons. The zero-order chi connectivity index (χ0) is 31.1. The molecule has 0 rings (SSSR count). The minimum atomic E-state index is -1.05. The van der Waals surface area contributed by atoms with Crippen molar-refractivity contribution in [3.63, 3.8) is 0 Å². The fourth-order valence-electron chi connectivity index (χ4n) is 4.13. The summed E-state index contributed by atoms with van der Waals surface area (Å²) in [5, 5.41) is 9.93. The topological polar surface area (TPSA) is 89.9 Å². The molecule has 0 spiro atoms. The zero-order valence-corrected chi connectivity index (χ0v) is 26.9. The SMILES string of the molecule is CCCCC/C=C\C/C=C\C/C=C\C=C\C(=O)CCCC(=O)OC[C@@H](O)COC(=O)CCCCCCCCC(C)CC. The number of esters is 2. The molecule has 0 fully saturated rings. The second-order valence-corrected chi connectivity index (χ2v) is 11.2. The van der Waals surface area contributed by atoms with E-state index in [0.29, 0.717) is 12.8 Å². The quantitative estimate of drug-likeness (QED) is 0.0323. The summed E-state index contributed by atoms with van der Waals surface area (Å²) in [5.41, 5.74) is 0. The number of carbonyl (C=O) groups is 3. The maximum absolute atomic E-state index is 11.9. The van der Waals surface area contributed by atoms with Gasteiger partial charge in [0.25, 0.3) is 0 Å². The van der Waals surface area contributed by atoms with Gasteiger partial charge in [-0.25, -0.2) is 0 Å². The number of hydrogen-bond donors (Lipinski definition) is 1. The summed E-state index contributed by atoms with van der Waals surface area (Å²) < 4.78 is 10.1. The molecule has 0 aliphatic heterocycles. The van der Waals surface area contributed by atoms with E-state index in [1.807, 2.05) is 12.2 Å². The molecule has 240 valence electrons. The Morgan fingerprint density at radius 3 is 1.93 bits per heavy atom. The zero-order valence-electron chi connectivity index (χ0n) is 26.9. The summed E-state index contributed by atoms with van der Waals surface area (Å²) in [6, 6.07) is 0. The molecule has 0 saturated heterocycles. The fourth-order valence-corrected chi connectivity index (χ4v) is 4.13. The van der Waals surface area contributed by atoms with E-state index in [1.165, 1.54) is 57.4 Å². The molecular formula is C36H60O6. The second kappa shape index (κ2) is 30.0. The van der Waals surface area contributed by atoms with Crippen LogP contribution in [0, 0.1) is 5.92 Å². The Kier molecular flexibility index (Phi) is 28.2. The van der Waals surface area contributed by atoms with E-state index >= 15 is 0 Å². The first kappa shape index (κ1) is 39.5. The Bertz CT molecular complexity index is 795. The predicted molar refractivity (Wildman–Crippen MR) is 173 cm³/mol. The van der Waals surface area contributed by atoms with E-state index in [1.54, 1.807) is 6.08 Å². The molecular weight excluding hydrogens is 528 g/mol. The molecule has 0 aliphatic rings. The monoisotopic (exact) mass is 588 g/mol. The summed E-state index contributed by atoms with van der Waals surface area (Å²) in [5.74, 6) is -0.0599. The Morgan fingerprint density at radius 2 is 1.26 bits per heavy atom. The maximum Gasteiger partial charge on any atom is 0.305 e. The second-order valence-electron chi connectivity index (χ2n) is 11.2. The normalized spacial score (nSPS) is 13.4. The van der Waals surface area contributed by atoms with Gasteiger partial charge in [-0.3, -0.25) is 14.4 Å². The van der Waals surface area contributed by atoms with Crippen LogP contribution < -0.4 is 0 Å². The van der Waals surface area contributed by atoms with E-state index in [-0.39, 0.29) is 37.8 Å². The number of allylic oxidation sites excluding steroid dienone is 8. The predicted octanol–water partition coefficient (Wildman–Crippen LogP) is 8.93. The first-order valence-electron chi connectivity index (χ1n) is 16.5. The molecule has 6 heteroatoms. The number of ether oxygens (including phenoxy) is 2. The smallest absolute Gasteiger partial charge is 0.305 e. The van der Waals surface area contributed by atoms with Crippen molar-refractivity contribution in [2.24, 2.45) is 5.92 Å². The van der Waals surface area contributed by atoms with Gasteiger partial charge in [-0.15, -0.1) is 0 Å². The van der Waals surface area contributed by atoms with Crippen molar-refractivity contribution in [3.8, 4) is 0 Å². The summed E-state index contributed by atoms with van der Waals surface area (Å²) in [6.07, 6.45) is 31.7. The van der Waals surface area contributed by atoms with Gasteiger partial charge in [-0.05, 0) is 50.5 Å². The van der Waals surface area contributed by atoms with Crippen LogP contribution in [0.2, 0.25) is 0 Å². The van der Waals surface area contributed by atoms with Crippen LogP contribution in [0.5, 0.6) is 0 Å². The van der Waals surface area contributed by atoms with Gasteiger partial charge in [-0.1, -0.05) is 121 Å². The highest BCUT2D eigenvalue weighted by atomic mass is 16.6. The molecule has 42 heavy (non-hydrogen) atoms. The number of ketones is 1. The molecule has 0 aromatic rings. The Hall–Kier alpha value is -2.47. The average Bonchev–Trinajstić information content (AvgIpc) is 2.98. The largest absolute Gasteiger partial charge is 0.463 e. The molecule has 0 amide bonds. The van der Waals surface area contributed by atoms with Crippen LogP contribution in [0.1, 0.15) is 136 Å². The summed E-state index contributed by atoms with van der Waals surface area (Å²) >= 11 is 0. The summed E-state index contributed by atoms with van der Waals surface area (Å²) in [7, 11) is 0. The van der Waals surface area contributed by atoms with Gasteiger partial charge in [0, 0.05) is 19.3 Å². The third-order valence-corrected chi connectivity index (χ3v) is 7.08. The van der Waals surface area contributed by atoms with Crippen LogP contribution in [-0.2, 0) is 23.9 Å². The molecule has 0 bridgehead atoms. The first-order valence-corrected chi connectivity index (χ1v) is 16.5. The van der Waals surface area contributed by atoms with E-state index in [4.69, 9.17) is 9.47 Å². The Labute approximate surface area is 256 Å². The van der Waals surface area contributed by atoms with Gasteiger partial charge in [0.1, 0.15) is 19.3 Å². The number of unbranched alkanes of at least 4 members (excludes halogenated alkanes) is 8. The van der Waals surface area contributed by atoms with E-state index in [9.17, 15) is 19.5 Å². The van der Waals surface area contributed by atoms with Gasteiger partial charge in [0.15, 0.2) is 5.78 Å². The maximum atomic E-state index is 11.9. The molecule has 0 aromatic carbocycles. The van der Waals surface area contributed by atoms with Gasteiger partial charge in [-0.2, -0.15) is 0 Å². The van der Waals surface area contributed by atoms with Crippen LogP contribution in [0.4, 0.5) is 0 Å². The van der Waals surface area contributed by atoms with Crippen molar-refractivity contribution in [3.05, 3.63) is 48.6 Å². The van der Waals surface area contributed by atoms with Gasteiger partial charge >= 0.3 is 11.9 Å². The van der Waals surface area contributed by atoms with E-state index in [0.717, 1.165) is 44.4 Å². The number of rotatable bonds is 28. The van der Waals surface area contributed by atoms with Crippen molar-refractivity contribution < 1.29 is 29.0 Å². The number of carbonyl (C=O) groups excluding carboxylic acids is 3. The van der Waals surface area contributed by atoms with Crippen molar-refractivity contribution in [1.82, 2.24) is 0 Å². The number of aliphatic hydroxyl groups excluding tert-OH is 1. The molecule has 6 nitrogen and oxygen atoms in total. The van der Waals surface area contributed by atoms with Gasteiger partial charge in [0.05, 0.1) is 0 Å². The van der Waals surface area contributed by atoms with Crippen molar-refractivity contribution in [2.75, 3.05) is 13.2 Å². The lowest BCUT2D eigenvalue weighted by molar-refractivity contribution is -0.152. The van der Waals surface area contributed by atoms with Gasteiger partial charge < -0.3 is 14.6 Å². The lowest BCUT2D eigenvalue weighted by Gasteiger charge is -2.12. The lowest BCUT2D eigenvalue weighted by Crippen LogP contribution is -2.25. The van der Waals surface area contributed by atoms with Crippen molar-refractivity contribution >= 4 is 17.7 Å². The lowest BCUT2D eigenvalue weighted by atomic mass is 10.00. The molecule has 0 saturated carbocycles. The number of aliphatic hydroxyl groups is 1. The Morgan fingerprint density at radius 1 is 0.667 bits per heavy atom. The highest BCUT2D eigenvalue weighted by Gasteiger charge is 2.12. The van der Waals surface area contributed by atoms with Crippen LogP contribution in [0.15, 0.2) is 48.6 Å². The minimum Gasteiger partial charge on any atom is -0.463 e.